The molecule has 0 aromatic heterocycles. The molecular weight excluding hydrogens is 220 g/mol. The van der Waals surface area contributed by atoms with Crippen molar-refractivity contribution in [2.75, 3.05) is 0 Å². The normalized spacial score (nSPS) is 22.6. The first kappa shape index (κ1) is 13.3. The summed E-state index contributed by atoms with van der Waals surface area (Å²) in [5, 5.41) is 0. The molecule has 0 N–H and O–H groups in total. The average Bonchev–Trinajstić information content (AvgIpc) is 2.36. The van der Waals surface area contributed by atoms with Gasteiger partial charge in [-0.05, 0) is 40.4 Å². The van der Waals surface area contributed by atoms with Gasteiger partial charge in [0.25, 0.3) is 0 Å². The summed E-state index contributed by atoms with van der Waals surface area (Å²) in [6, 6.07) is 6.23. The SMILES string of the molecule is CC(=O)c1ccc2c(c1)C(C)(C)C(C)(C)C2(C)C. The Bertz CT molecular complexity index is 518. The molecule has 0 saturated carbocycles. The van der Waals surface area contributed by atoms with E-state index in [1.54, 1.807) is 6.92 Å². The van der Waals surface area contributed by atoms with Crippen LogP contribution >= 0.6 is 0 Å². The van der Waals surface area contributed by atoms with Gasteiger partial charge in [-0.2, -0.15) is 0 Å². The summed E-state index contributed by atoms with van der Waals surface area (Å²) in [4.78, 5) is 11.6. The molecule has 0 saturated heterocycles. The van der Waals surface area contributed by atoms with Crippen molar-refractivity contribution in [2.24, 2.45) is 5.41 Å². The van der Waals surface area contributed by atoms with Crippen LogP contribution in [0.3, 0.4) is 0 Å². The van der Waals surface area contributed by atoms with E-state index in [0.29, 0.717) is 0 Å². The van der Waals surface area contributed by atoms with Gasteiger partial charge in [0.15, 0.2) is 5.78 Å². The number of hydrogen-bond acceptors (Lipinski definition) is 1. The van der Waals surface area contributed by atoms with Crippen LogP contribution in [0.25, 0.3) is 0 Å². The van der Waals surface area contributed by atoms with E-state index >= 15 is 0 Å². The Morgan fingerprint density at radius 3 is 1.89 bits per heavy atom. The third kappa shape index (κ3) is 1.36. The van der Waals surface area contributed by atoms with Gasteiger partial charge in [-0.1, -0.05) is 53.7 Å². The Morgan fingerprint density at radius 1 is 0.889 bits per heavy atom. The number of hydrogen-bond donors (Lipinski definition) is 0. The molecule has 1 aromatic rings. The van der Waals surface area contributed by atoms with Crippen molar-refractivity contribution < 1.29 is 4.79 Å². The summed E-state index contributed by atoms with van der Waals surface area (Å²) in [5.41, 5.74) is 3.93. The molecule has 0 radical (unpaired) electrons. The quantitative estimate of drug-likeness (QED) is 0.665. The summed E-state index contributed by atoms with van der Waals surface area (Å²) in [7, 11) is 0. The fourth-order valence-corrected chi connectivity index (χ4v) is 3.28. The van der Waals surface area contributed by atoms with Crippen molar-refractivity contribution in [3.05, 3.63) is 34.9 Å². The minimum atomic E-state index is 0.0806. The van der Waals surface area contributed by atoms with E-state index in [4.69, 9.17) is 0 Å². The Hall–Kier alpha value is -1.11. The van der Waals surface area contributed by atoms with Crippen molar-refractivity contribution >= 4 is 5.78 Å². The molecule has 0 amide bonds. The molecule has 0 spiro atoms. The maximum absolute atomic E-state index is 11.6. The molecule has 1 aliphatic rings. The van der Waals surface area contributed by atoms with Crippen LogP contribution in [0.4, 0.5) is 0 Å². The number of benzene rings is 1. The van der Waals surface area contributed by atoms with Gasteiger partial charge in [-0.15, -0.1) is 0 Å². The molecule has 1 nitrogen and oxygen atoms in total. The monoisotopic (exact) mass is 244 g/mol. The van der Waals surface area contributed by atoms with E-state index in [2.05, 4.69) is 53.7 Å². The molecule has 1 heteroatoms. The van der Waals surface area contributed by atoms with Gasteiger partial charge in [0.2, 0.25) is 0 Å². The second kappa shape index (κ2) is 3.46. The lowest BCUT2D eigenvalue weighted by molar-refractivity contribution is 0.101. The third-order valence-electron chi connectivity index (χ3n) is 5.90. The molecule has 2 rings (SSSR count). The number of ketones is 1. The largest absolute Gasteiger partial charge is 0.295 e. The predicted molar refractivity (Wildman–Crippen MR) is 76.3 cm³/mol. The summed E-state index contributed by atoms with van der Waals surface area (Å²) in [6.45, 7) is 15.5. The summed E-state index contributed by atoms with van der Waals surface area (Å²) < 4.78 is 0. The molecule has 0 unspecified atom stereocenters. The van der Waals surface area contributed by atoms with Gasteiger partial charge in [-0.25, -0.2) is 0 Å². The second-order valence-corrected chi connectivity index (χ2v) is 7.19. The fraction of sp³-hybridized carbons (Fsp3) is 0.588. The lowest BCUT2D eigenvalue weighted by Crippen LogP contribution is -2.42. The Morgan fingerprint density at radius 2 is 1.39 bits per heavy atom. The van der Waals surface area contributed by atoms with Crippen LogP contribution in [0.1, 0.15) is 70.0 Å². The zero-order chi connectivity index (χ0) is 13.9. The van der Waals surface area contributed by atoms with Gasteiger partial charge in [-0.3, -0.25) is 4.79 Å². The predicted octanol–water partition coefficient (Wildman–Crippen LogP) is 4.48. The molecule has 0 aliphatic heterocycles. The highest BCUT2D eigenvalue weighted by Gasteiger charge is 2.56. The van der Waals surface area contributed by atoms with Gasteiger partial charge < -0.3 is 0 Å². The smallest absolute Gasteiger partial charge is 0.159 e. The first-order valence-corrected chi connectivity index (χ1v) is 6.69. The molecule has 0 heterocycles. The summed E-state index contributed by atoms with van der Waals surface area (Å²) >= 11 is 0. The third-order valence-corrected chi connectivity index (χ3v) is 5.90. The summed E-state index contributed by atoms with van der Waals surface area (Å²) in [5.74, 6) is 0.149. The molecule has 1 aromatic carbocycles. The number of carbonyl (C=O) groups excluding carboxylic acids is 1. The van der Waals surface area contributed by atoms with E-state index in [-0.39, 0.29) is 22.0 Å². The highest BCUT2D eigenvalue weighted by atomic mass is 16.1. The van der Waals surface area contributed by atoms with Gasteiger partial charge in [0.1, 0.15) is 0 Å². The van der Waals surface area contributed by atoms with Crippen LogP contribution in [0.5, 0.6) is 0 Å². The Kier molecular flexibility index (Phi) is 2.56. The highest BCUT2D eigenvalue weighted by Crippen LogP contribution is 2.61. The highest BCUT2D eigenvalue weighted by molar-refractivity contribution is 5.94. The lowest BCUT2D eigenvalue weighted by Gasteiger charge is -2.44. The minimum absolute atomic E-state index is 0.0806. The molecular formula is C17H24O. The van der Waals surface area contributed by atoms with E-state index < -0.39 is 0 Å². The van der Waals surface area contributed by atoms with Crippen LogP contribution < -0.4 is 0 Å². The zero-order valence-electron chi connectivity index (χ0n) is 12.6. The van der Waals surface area contributed by atoms with Gasteiger partial charge in [0, 0.05) is 5.56 Å². The Labute approximate surface area is 111 Å². The average molecular weight is 244 g/mol. The topological polar surface area (TPSA) is 17.1 Å². The van der Waals surface area contributed by atoms with Crippen molar-refractivity contribution in [3.8, 4) is 0 Å². The minimum Gasteiger partial charge on any atom is -0.295 e. The Balaban J connectivity index is 2.75. The van der Waals surface area contributed by atoms with E-state index in [1.165, 1.54) is 11.1 Å². The lowest BCUT2D eigenvalue weighted by atomic mass is 9.59. The molecule has 18 heavy (non-hydrogen) atoms. The number of rotatable bonds is 1. The van der Waals surface area contributed by atoms with Crippen LogP contribution in [-0.4, -0.2) is 5.78 Å². The molecule has 0 atom stereocenters. The molecule has 0 bridgehead atoms. The standard InChI is InChI=1S/C17H24O/c1-11(18)12-8-9-13-14(10-12)16(4,5)17(6,7)15(13,2)3/h8-10H,1-7H3. The van der Waals surface area contributed by atoms with Crippen LogP contribution in [-0.2, 0) is 10.8 Å². The van der Waals surface area contributed by atoms with Crippen LogP contribution in [0.2, 0.25) is 0 Å². The van der Waals surface area contributed by atoms with Gasteiger partial charge >= 0.3 is 0 Å². The maximum atomic E-state index is 11.6. The zero-order valence-corrected chi connectivity index (χ0v) is 12.6. The van der Waals surface area contributed by atoms with Crippen molar-refractivity contribution in [1.82, 2.24) is 0 Å². The summed E-state index contributed by atoms with van der Waals surface area (Å²) in [6.07, 6.45) is 0. The number of carbonyl (C=O) groups is 1. The maximum Gasteiger partial charge on any atom is 0.159 e. The molecule has 1 aliphatic carbocycles. The van der Waals surface area contributed by atoms with E-state index in [1.807, 2.05) is 6.07 Å². The van der Waals surface area contributed by atoms with E-state index in [0.717, 1.165) is 5.56 Å². The first-order valence-electron chi connectivity index (χ1n) is 6.69. The fourth-order valence-electron chi connectivity index (χ4n) is 3.28. The van der Waals surface area contributed by atoms with Crippen molar-refractivity contribution in [3.63, 3.8) is 0 Å². The molecule has 0 fully saturated rings. The van der Waals surface area contributed by atoms with Gasteiger partial charge in [0.05, 0.1) is 0 Å². The number of fused-ring (bicyclic) bond motifs is 1. The number of Topliss-reactive ketones (excluding diaryl/α,β-unsaturated/α-hetero) is 1. The first-order chi connectivity index (χ1) is 8.03. The second-order valence-electron chi connectivity index (χ2n) is 7.19. The van der Waals surface area contributed by atoms with Crippen LogP contribution in [0, 0.1) is 5.41 Å². The van der Waals surface area contributed by atoms with E-state index in [9.17, 15) is 4.79 Å². The van der Waals surface area contributed by atoms with Crippen molar-refractivity contribution in [1.29, 1.82) is 0 Å². The molecule has 98 valence electrons. The van der Waals surface area contributed by atoms with Crippen LogP contribution in [0.15, 0.2) is 18.2 Å². The van der Waals surface area contributed by atoms with Crippen molar-refractivity contribution in [2.45, 2.75) is 59.3 Å².